The Bertz CT molecular complexity index is 1490. The van der Waals surface area contributed by atoms with Crippen LogP contribution in [0.3, 0.4) is 0 Å². The highest BCUT2D eigenvalue weighted by molar-refractivity contribution is 5.77. The summed E-state index contributed by atoms with van der Waals surface area (Å²) in [6, 6.07) is -4.59. The van der Waals surface area contributed by atoms with Gasteiger partial charge in [0.2, 0.25) is 5.91 Å². The van der Waals surface area contributed by atoms with E-state index in [1.54, 1.807) is 68.4 Å². The van der Waals surface area contributed by atoms with E-state index >= 15 is 0 Å². The molecule has 3 aliphatic rings. The molecule has 346 valence electrons. The Balaban J connectivity index is 2.12. The van der Waals surface area contributed by atoms with Crippen molar-refractivity contribution in [3.05, 3.63) is 11.8 Å². The zero-order chi connectivity index (χ0) is 45.5. The summed E-state index contributed by atoms with van der Waals surface area (Å²) in [6.07, 6.45) is -9.86. The normalized spacial score (nSPS) is 31.7. The van der Waals surface area contributed by atoms with E-state index in [2.05, 4.69) is 21.3 Å². The summed E-state index contributed by atoms with van der Waals surface area (Å²) >= 11 is 0. The molecule has 0 bridgehead atoms. The molecule has 0 aromatic carbocycles. The molecule has 60 heavy (non-hydrogen) atoms. The third-order valence-electron chi connectivity index (χ3n) is 9.72. The summed E-state index contributed by atoms with van der Waals surface area (Å²) < 4.78 is 35.2. The lowest BCUT2D eigenvalue weighted by atomic mass is 9.72. The first-order chi connectivity index (χ1) is 27.6. The second-order valence-electron chi connectivity index (χ2n) is 18.8. The van der Waals surface area contributed by atoms with E-state index in [0.29, 0.717) is 5.76 Å². The second kappa shape index (κ2) is 20.6. The first-order valence-electron chi connectivity index (χ1n) is 20.1. The highest BCUT2D eigenvalue weighted by Gasteiger charge is 2.56. The van der Waals surface area contributed by atoms with Crippen molar-refractivity contribution in [1.29, 1.82) is 0 Å². The molecule has 2 fully saturated rings. The van der Waals surface area contributed by atoms with Gasteiger partial charge in [0.05, 0.1) is 50.1 Å². The molecule has 12 atom stereocenters. The van der Waals surface area contributed by atoms with Crippen LogP contribution in [0.1, 0.15) is 82.1 Å². The van der Waals surface area contributed by atoms with Gasteiger partial charge in [-0.05, 0) is 88.2 Å². The maximum absolute atomic E-state index is 13.4. The second-order valence-corrected chi connectivity index (χ2v) is 18.8. The van der Waals surface area contributed by atoms with Crippen LogP contribution in [0.25, 0.3) is 0 Å². The first kappa shape index (κ1) is 50.8. The van der Waals surface area contributed by atoms with E-state index in [-0.39, 0.29) is 25.9 Å². The molecular weight excluding hydrogens is 794 g/mol. The quantitative estimate of drug-likeness (QED) is 0.103. The molecular formula is C39H69N5O16. The van der Waals surface area contributed by atoms with Crippen LogP contribution in [0.15, 0.2) is 11.8 Å². The average Bonchev–Trinajstić information content (AvgIpc) is 3.08. The molecule has 0 radical (unpaired) electrons. The lowest BCUT2D eigenvalue weighted by molar-refractivity contribution is -0.305. The fourth-order valence-corrected chi connectivity index (χ4v) is 7.37. The Morgan fingerprint density at radius 2 is 1.45 bits per heavy atom. The molecule has 3 unspecified atom stereocenters. The van der Waals surface area contributed by atoms with Crippen LogP contribution in [-0.4, -0.2) is 183 Å². The van der Waals surface area contributed by atoms with Gasteiger partial charge in [0.1, 0.15) is 53.1 Å². The SMILES string of the molecule is CN(C(=O)OC(C)(C)C)[C@@H]1[C@@H](O)[C@@H](O[C@@H]2[C@@H](O)[C@H](C3OC(CNCC(O)CO)=CC[C@H]3NC(=O)OC(C)(C)C)C(NC(=O)OC(C)(C)C)C[C@H]2NC(=O)CO)OC[C@]1(C)O. The largest absolute Gasteiger partial charge is 0.491 e. The van der Waals surface area contributed by atoms with Crippen LogP contribution >= 0.6 is 0 Å². The molecule has 21 heteroatoms. The lowest BCUT2D eigenvalue weighted by Crippen LogP contribution is -2.71. The van der Waals surface area contributed by atoms with Gasteiger partial charge >= 0.3 is 18.3 Å². The van der Waals surface area contributed by atoms with Crippen molar-refractivity contribution in [3.8, 4) is 0 Å². The monoisotopic (exact) mass is 863 g/mol. The predicted octanol–water partition coefficient (Wildman–Crippen LogP) is -0.665. The molecule has 4 amide bonds. The number of aliphatic hydroxyl groups excluding tert-OH is 5. The zero-order valence-corrected chi connectivity index (χ0v) is 36.6. The number of carbonyl (C=O) groups excluding carboxylic acids is 4. The smallest absolute Gasteiger partial charge is 0.410 e. The minimum absolute atomic E-state index is 0.000802. The summed E-state index contributed by atoms with van der Waals surface area (Å²) in [4.78, 5) is 53.6. The molecule has 0 aromatic rings. The number of hydrogen-bond donors (Lipinski definition) is 10. The van der Waals surface area contributed by atoms with Crippen molar-refractivity contribution < 1.29 is 78.2 Å². The highest BCUT2D eigenvalue weighted by atomic mass is 16.7. The number of rotatable bonds is 13. The van der Waals surface area contributed by atoms with E-state index in [1.807, 2.05) is 0 Å². The lowest BCUT2D eigenvalue weighted by Gasteiger charge is -2.52. The molecule has 2 heterocycles. The number of aliphatic hydroxyl groups is 6. The van der Waals surface area contributed by atoms with Crippen molar-refractivity contribution >= 4 is 24.2 Å². The number of amides is 4. The van der Waals surface area contributed by atoms with E-state index in [9.17, 15) is 49.8 Å². The molecule has 1 aliphatic carbocycles. The van der Waals surface area contributed by atoms with Crippen LogP contribution in [0.2, 0.25) is 0 Å². The fraction of sp³-hybridized carbons (Fsp3) is 0.846. The number of likely N-dealkylation sites (N-methyl/N-ethyl adjacent to an activating group) is 1. The van der Waals surface area contributed by atoms with Gasteiger partial charge in [-0.15, -0.1) is 0 Å². The third-order valence-corrected chi connectivity index (χ3v) is 9.72. The van der Waals surface area contributed by atoms with Gasteiger partial charge in [-0.3, -0.25) is 4.79 Å². The van der Waals surface area contributed by atoms with Crippen LogP contribution in [0, 0.1) is 5.92 Å². The summed E-state index contributed by atoms with van der Waals surface area (Å²) in [6.45, 7) is 14.4. The van der Waals surface area contributed by atoms with Gasteiger partial charge in [-0.2, -0.15) is 0 Å². The first-order valence-corrected chi connectivity index (χ1v) is 20.1. The van der Waals surface area contributed by atoms with Crippen molar-refractivity contribution in [2.24, 2.45) is 5.92 Å². The molecule has 2 aliphatic heterocycles. The standard InChI is InChI=1S/C39H69N5O16/c1-36(2,3)58-33(51)42-22-13-12-21(16-40-15-20(47)17-45)56-29(22)26-23(43-34(52)59-37(4,5)6)14-24(41-25(48)18-46)30(27(26)49)57-32-28(50)31(39(10,54)19-55-32)44(11)35(53)60-38(7,8)9/h12,20,22-24,26-32,40,45-47,49-50,54H,13-19H2,1-11H3,(H,41,48)(H,42,51)(H,43,52)/t20?,22-,23?,24-,26-,27+,28-,29?,30+,31-,32-,39+/m1/s1. The highest BCUT2D eigenvalue weighted by Crippen LogP contribution is 2.39. The maximum atomic E-state index is 13.4. The van der Waals surface area contributed by atoms with E-state index < -0.39 is 133 Å². The van der Waals surface area contributed by atoms with Crippen molar-refractivity contribution in [2.75, 3.05) is 40.0 Å². The van der Waals surface area contributed by atoms with Gasteiger partial charge in [0.15, 0.2) is 6.29 Å². The number of hydrogen-bond acceptors (Lipinski definition) is 17. The maximum Gasteiger partial charge on any atom is 0.410 e. The molecule has 3 rings (SSSR count). The number of nitrogens with one attached hydrogen (secondary N) is 4. The Labute approximate surface area is 351 Å². The molecule has 1 saturated heterocycles. The van der Waals surface area contributed by atoms with Crippen molar-refractivity contribution in [2.45, 2.75) is 165 Å². The minimum atomic E-state index is -1.83. The molecule has 10 N–H and O–H groups in total. The van der Waals surface area contributed by atoms with Gasteiger partial charge in [-0.25, -0.2) is 14.4 Å². The van der Waals surface area contributed by atoms with Crippen LogP contribution in [-0.2, 0) is 33.2 Å². The minimum Gasteiger partial charge on any atom is -0.491 e. The Morgan fingerprint density at radius 1 is 0.883 bits per heavy atom. The van der Waals surface area contributed by atoms with Gasteiger partial charge in [0.25, 0.3) is 0 Å². The van der Waals surface area contributed by atoms with E-state index in [0.717, 1.165) is 4.90 Å². The number of nitrogens with zero attached hydrogens (tertiary/aromatic N) is 1. The molecule has 0 spiro atoms. The van der Waals surface area contributed by atoms with Crippen molar-refractivity contribution in [3.63, 3.8) is 0 Å². The van der Waals surface area contributed by atoms with Crippen LogP contribution in [0.4, 0.5) is 14.4 Å². The van der Waals surface area contributed by atoms with Crippen LogP contribution < -0.4 is 21.3 Å². The van der Waals surface area contributed by atoms with E-state index in [1.165, 1.54) is 14.0 Å². The zero-order valence-electron chi connectivity index (χ0n) is 36.6. The number of alkyl carbamates (subject to hydrolysis) is 2. The topological polar surface area (TPSA) is 296 Å². The fourth-order valence-electron chi connectivity index (χ4n) is 7.37. The predicted molar refractivity (Wildman–Crippen MR) is 212 cm³/mol. The molecule has 1 saturated carbocycles. The Kier molecular flexibility index (Phi) is 17.4. The van der Waals surface area contributed by atoms with E-state index in [4.69, 9.17) is 28.4 Å². The molecule has 21 nitrogen and oxygen atoms in total. The van der Waals surface area contributed by atoms with Crippen LogP contribution in [0.5, 0.6) is 0 Å². The van der Waals surface area contributed by atoms with Gasteiger partial charge < -0.3 is 85.2 Å². The number of ether oxygens (including phenoxy) is 6. The van der Waals surface area contributed by atoms with Gasteiger partial charge in [-0.1, -0.05) is 0 Å². The molecule has 0 aromatic heterocycles. The average molecular weight is 864 g/mol. The summed E-state index contributed by atoms with van der Waals surface area (Å²) in [5.74, 6) is -1.75. The Morgan fingerprint density at radius 3 is 1.98 bits per heavy atom. The third kappa shape index (κ3) is 14.8. The van der Waals surface area contributed by atoms with Crippen molar-refractivity contribution in [1.82, 2.24) is 26.2 Å². The summed E-state index contributed by atoms with van der Waals surface area (Å²) in [5.41, 5.74) is -4.59. The summed E-state index contributed by atoms with van der Waals surface area (Å²) in [5, 5.41) is 75.7. The Hall–Kier alpha value is -3.54. The number of carbonyl (C=O) groups is 4. The van der Waals surface area contributed by atoms with Gasteiger partial charge in [0, 0.05) is 25.6 Å². The summed E-state index contributed by atoms with van der Waals surface area (Å²) in [7, 11) is 1.32.